The molecule has 0 amide bonds. The van der Waals surface area contributed by atoms with Crippen molar-refractivity contribution in [3.05, 3.63) is 15.6 Å². The SMILES string of the molecule is CCO[C@@H]1C[C@H](N[C@H](C)c2sc(CCOC)nc2C)C12CCCC2. The van der Waals surface area contributed by atoms with Crippen LogP contribution in [0.15, 0.2) is 0 Å². The van der Waals surface area contributed by atoms with Crippen molar-refractivity contribution in [2.45, 2.75) is 77.5 Å². The monoisotopic (exact) mass is 352 g/mol. The van der Waals surface area contributed by atoms with Crippen molar-refractivity contribution in [3.8, 4) is 0 Å². The Bertz CT molecular complexity index is 539. The Morgan fingerprint density at radius 3 is 2.79 bits per heavy atom. The maximum Gasteiger partial charge on any atom is 0.0954 e. The van der Waals surface area contributed by atoms with Crippen LogP contribution in [0.25, 0.3) is 0 Å². The van der Waals surface area contributed by atoms with Crippen LogP contribution >= 0.6 is 11.3 Å². The highest BCUT2D eigenvalue weighted by molar-refractivity contribution is 7.11. The summed E-state index contributed by atoms with van der Waals surface area (Å²) in [6.45, 7) is 8.13. The van der Waals surface area contributed by atoms with Gasteiger partial charge in [0.25, 0.3) is 0 Å². The normalized spacial score (nSPS) is 26.7. The average Bonchev–Trinajstić information content (AvgIpc) is 3.20. The Morgan fingerprint density at radius 1 is 1.38 bits per heavy atom. The molecule has 1 aromatic heterocycles. The molecule has 4 nitrogen and oxygen atoms in total. The molecule has 2 saturated carbocycles. The second-order valence-electron chi connectivity index (χ2n) is 7.36. The second-order valence-corrected chi connectivity index (χ2v) is 8.48. The molecule has 0 bridgehead atoms. The molecule has 1 N–H and O–H groups in total. The van der Waals surface area contributed by atoms with Crippen LogP contribution in [0, 0.1) is 12.3 Å². The molecule has 1 heterocycles. The van der Waals surface area contributed by atoms with Gasteiger partial charge in [-0.2, -0.15) is 0 Å². The molecule has 3 rings (SSSR count). The van der Waals surface area contributed by atoms with Crippen molar-refractivity contribution >= 4 is 11.3 Å². The van der Waals surface area contributed by atoms with E-state index in [4.69, 9.17) is 14.5 Å². The molecule has 2 aliphatic carbocycles. The van der Waals surface area contributed by atoms with Gasteiger partial charge in [0.15, 0.2) is 0 Å². The minimum absolute atomic E-state index is 0.365. The lowest BCUT2D eigenvalue weighted by atomic mass is 9.60. The minimum atomic E-state index is 0.365. The van der Waals surface area contributed by atoms with Gasteiger partial charge in [0, 0.05) is 42.5 Å². The minimum Gasteiger partial charge on any atom is -0.384 e. The average molecular weight is 353 g/mol. The molecular weight excluding hydrogens is 320 g/mol. The first-order valence-corrected chi connectivity index (χ1v) is 10.2. The van der Waals surface area contributed by atoms with Crippen molar-refractivity contribution in [2.24, 2.45) is 5.41 Å². The Kier molecular flexibility index (Phi) is 5.96. The van der Waals surface area contributed by atoms with Gasteiger partial charge in [-0.15, -0.1) is 11.3 Å². The Morgan fingerprint density at radius 2 is 2.12 bits per heavy atom. The summed E-state index contributed by atoms with van der Waals surface area (Å²) in [5.41, 5.74) is 1.56. The van der Waals surface area contributed by atoms with Crippen LogP contribution < -0.4 is 5.32 Å². The van der Waals surface area contributed by atoms with Gasteiger partial charge in [-0.3, -0.25) is 0 Å². The molecule has 2 fully saturated rings. The highest BCUT2D eigenvalue weighted by atomic mass is 32.1. The fraction of sp³-hybridized carbons (Fsp3) is 0.842. The van der Waals surface area contributed by atoms with Gasteiger partial charge in [0.2, 0.25) is 0 Å². The molecule has 24 heavy (non-hydrogen) atoms. The number of hydrogen-bond donors (Lipinski definition) is 1. The van der Waals surface area contributed by atoms with E-state index in [2.05, 4.69) is 26.1 Å². The maximum atomic E-state index is 6.04. The number of aryl methyl sites for hydroxylation is 1. The molecule has 0 aromatic carbocycles. The zero-order valence-corrected chi connectivity index (χ0v) is 16.4. The number of ether oxygens (including phenoxy) is 2. The quantitative estimate of drug-likeness (QED) is 0.767. The predicted octanol–water partition coefficient (Wildman–Crippen LogP) is 4.03. The molecule has 0 aliphatic heterocycles. The fourth-order valence-electron chi connectivity index (χ4n) is 4.66. The standard InChI is InChI=1S/C19H32N2O2S/c1-5-23-16-12-15(19(16)9-6-7-10-19)20-13(2)18-14(3)21-17(24-18)8-11-22-4/h13,15-16,20H,5-12H2,1-4H3/t13-,15+,16-/m1/s1. The molecular formula is C19H32N2O2S. The number of rotatable bonds is 8. The van der Waals surface area contributed by atoms with Crippen LogP contribution in [0.2, 0.25) is 0 Å². The van der Waals surface area contributed by atoms with Gasteiger partial charge >= 0.3 is 0 Å². The molecule has 3 atom stereocenters. The van der Waals surface area contributed by atoms with E-state index in [9.17, 15) is 0 Å². The first-order valence-electron chi connectivity index (χ1n) is 9.43. The Balaban J connectivity index is 1.64. The van der Waals surface area contributed by atoms with Gasteiger partial charge in [-0.25, -0.2) is 4.98 Å². The zero-order valence-electron chi connectivity index (χ0n) is 15.6. The van der Waals surface area contributed by atoms with E-state index >= 15 is 0 Å². The van der Waals surface area contributed by atoms with E-state index in [-0.39, 0.29) is 0 Å². The van der Waals surface area contributed by atoms with Crippen molar-refractivity contribution < 1.29 is 9.47 Å². The molecule has 5 heteroatoms. The first-order chi connectivity index (χ1) is 11.6. The van der Waals surface area contributed by atoms with Gasteiger partial charge < -0.3 is 14.8 Å². The number of hydrogen-bond acceptors (Lipinski definition) is 5. The summed E-state index contributed by atoms with van der Waals surface area (Å²) >= 11 is 1.84. The first kappa shape index (κ1) is 18.3. The van der Waals surface area contributed by atoms with Crippen molar-refractivity contribution in [3.63, 3.8) is 0 Å². The molecule has 0 unspecified atom stereocenters. The summed E-state index contributed by atoms with van der Waals surface area (Å²) in [5.74, 6) is 0. The van der Waals surface area contributed by atoms with Crippen LogP contribution in [0.1, 0.15) is 67.6 Å². The number of thiazole rings is 1. The summed E-state index contributed by atoms with van der Waals surface area (Å²) in [5, 5.41) is 5.11. The van der Waals surface area contributed by atoms with Crippen LogP contribution in [-0.2, 0) is 15.9 Å². The van der Waals surface area contributed by atoms with Crippen molar-refractivity contribution in [1.29, 1.82) is 0 Å². The summed E-state index contributed by atoms with van der Waals surface area (Å²) < 4.78 is 11.2. The lowest BCUT2D eigenvalue weighted by Gasteiger charge is -2.55. The van der Waals surface area contributed by atoms with Gasteiger partial charge in [-0.1, -0.05) is 12.8 Å². The molecule has 0 radical (unpaired) electrons. The van der Waals surface area contributed by atoms with Crippen molar-refractivity contribution in [2.75, 3.05) is 20.3 Å². The van der Waals surface area contributed by atoms with E-state index in [1.807, 2.05) is 11.3 Å². The number of aromatic nitrogens is 1. The molecule has 136 valence electrons. The van der Waals surface area contributed by atoms with Crippen LogP contribution in [0.3, 0.4) is 0 Å². The highest BCUT2D eigenvalue weighted by Crippen LogP contribution is 2.55. The highest BCUT2D eigenvalue weighted by Gasteiger charge is 2.56. The van der Waals surface area contributed by atoms with E-state index in [0.717, 1.165) is 26.1 Å². The second kappa shape index (κ2) is 7.81. The maximum absolute atomic E-state index is 6.04. The summed E-state index contributed by atoms with van der Waals surface area (Å²) in [6, 6.07) is 0.958. The lowest BCUT2D eigenvalue weighted by molar-refractivity contribution is -0.132. The van der Waals surface area contributed by atoms with Gasteiger partial charge in [0.1, 0.15) is 0 Å². The zero-order chi connectivity index (χ0) is 17.2. The number of methoxy groups -OCH3 is 1. The molecule has 1 spiro atoms. The number of nitrogens with zero attached hydrogens (tertiary/aromatic N) is 1. The summed E-state index contributed by atoms with van der Waals surface area (Å²) in [4.78, 5) is 6.11. The third-order valence-electron chi connectivity index (χ3n) is 5.93. The van der Waals surface area contributed by atoms with Gasteiger partial charge in [0.05, 0.1) is 23.4 Å². The van der Waals surface area contributed by atoms with E-state index in [1.165, 1.54) is 41.3 Å². The third kappa shape index (κ3) is 3.41. The Hall–Kier alpha value is -0.490. The summed E-state index contributed by atoms with van der Waals surface area (Å²) in [7, 11) is 1.75. The molecule has 1 aromatic rings. The van der Waals surface area contributed by atoms with E-state index in [1.54, 1.807) is 7.11 Å². The smallest absolute Gasteiger partial charge is 0.0954 e. The molecule has 2 aliphatic rings. The van der Waals surface area contributed by atoms with Crippen molar-refractivity contribution in [1.82, 2.24) is 10.3 Å². The fourth-order valence-corrected chi connectivity index (χ4v) is 5.72. The Labute approximate surface area is 150 Å². The van der Waals surface area contributed by atoms with Crippen LogP contribution in [0.5, 0.6) is 0 Å². The van der Waals surface area contributed by atoms with E-state index in [0.29, 0.717) is 23.6 Å². The van der Waals surface area contributed by atoms with Gasteiger partial charge in [-0.05, 0) is 40.0 Å². The van der Waals surface area contributed by atoms with Crippen LogP contribution in [-0.4, -0.2) is 37.5 Å². The molecule has 0 saturated heterocycles. The van der Waals surface area contributed by atoms with E-state index < -0.39 is 0 Å². The topological polar surface area (TPSA) is 43.4 Å². The van der Waals surface area contributed by atoms with Crippen LogP contribution in [0.4, 0.5) is 0 Å². The lowest BCUT2D eigenvalue weighted by Crippen LogP contribution is -2.62. The largest absolute Gasteiger partial charge is 0.384 e. The number of nitrogens with one attached hydrogen (secondary N) is 1. The third-order valence-corrected chi connectivity index (χ3v) is 7.33. The summed E-state index contributed by atoms with van der Waals surface area (Å²) in [6.07, 6.45) is 7.90. The predicted molar refractivity (Wildman–Crippen MR) is 98.7 cm³/mol.